The third-order valence-corrected chi connectivity index (χ3v) is 5.62. The highest BCUT2D eigenvalue weighted by Crippen LogP contribution is 2.50. The van der Waals surface area contributed by atoms with E-state index in [1.807, 2.05) is 31.7 Å². The van der Waals surface area contributed by atoms with Crippen molar-refractivity contribution in [2.24, 2.45) is 5.41 Å². The molecule has 1 saturated carbocycles. The molecule has 3 rings (SSSR count). The molecule has 1 aliphatic heterocycles. The van der Waals surface area contributed by atoms with E-state index in [2.05, 4.69) is 21.2 Å². The number of ether oxygens (including phenoxy) is 1. The molecule has 1 aliphatic carbocycles. The van der Waals surface area contributed by atoms with Gasteiger partial charge in [-0.15, -0.1) is 0 Å². The Hall–Kier alpha value is -1.30. The quantitative estimate of drug-likeness (QED) is 0.727. The molecule has 138 valence electrons. The summed E-state index contributed by atoms with van der Waals surface area (Å²) in [4.78, 5) is 14.0. The molecule has 1 amide bonds. The number of carbonyl (C=O) groups excluding carboxylic acids is 1. The Kier molecular flexibility index (Phi) is 5.02. The summed E-state index contributed by atoms with van der Waals surface area (Å²) in [6.07, 6.45) is 3.84. The van der Waals surface area contributed by atoms with Gasteiger partial charge in [-0.25, -0.2) is 9.18 Å². The van der Waals surface area contributed by atoms with Crippen molar-refractivity contribution in [3.63, 3.8) is 0 Å². The van der Waals surface area contributed by atoms with Crippen molar-refractivity contribution in [3.05, 3.63) is 28.5 Å². The van der Waals surface area contributed by atoms with E-state index in [1.54, 1.807) is 6.07 Å². The van der Waals surface area contributed by atoms with Crippen molar-refractivity contribution in [3.8, 4) is 0 Å². The lowest BCUT2D eigenvalue weighted by Gasteiger charge is -2.52. The van der Waals surface area contributed by atoms with Crippen LogP contribution in [0.2, 0.25) is 0 Å². The molecule has 1 aromatic carbocycles. The van der Waals surface area contributed by atoms with E-state index in [4.69, 9.17) is 4.74 Å². The molecule has 0 radical (unpaired) electrons. The number of nitrogens with one attached hydrogen (secondary N) is 1. The first kappa shape index (κ1) is 18.5. The molecule has 1 aromatic rings. The summed E-state index contributed by atoms with van der Waals surface area (Å²) in [5.74, 6) is -0.227. The minimum Gasteiger partial charge on any atom is -0.444 e. The fourth-order valence-corrected chi connectivity index (χ4v) is 4.15. The molecule has 0 atom stereocenters. The first-order chi connectivity index (χ1) is 11.7. The number of rotatable bonds is 2. The van der Waals surface area contributed by atoms with E-state index in [0.29, 0.717) is 17.1 Å². The largest absolute Gasteiger partial charge is 0.444 e. The third kappa shape index (κ3) is 4.46. The van der Waals surface area contributed by atoms with Gasteiger partial charge in [-0.2, -0.15) is 0 Å². The van der Waals surface area contributed by atoms with Crippen molar-refractivity contribution < 1.29 is 13.9 Å². The standard InChI is InChI=1S/C19H26BrFN2O2/c1-18(2,3)25-17(24)23-8-6-19(7-9-23)11-14(12-19)22-16-5-4-13(20)10-15(16)21/h4-5,10,14,22H,6-9,11-12H2,1-3H3. The van der Waals surface area contributed by atoms with Crippen LogP contribution in [0.15, 0.2) is 22.7 Å². The second kappa shape index (κ2) is 6.78. The highest BCUT2D eigenvalue weighted by atomic mass is 79.9. The van der Waals surface area contributed by atoms with E-state index < -0.39 is 5.60 Å². The number of likely N-dealkylation sites (tertiary alicyclic amines) is 1. The molecule has 1 heterocycles. The predicted octanol–water partition coefficient (Wildman–Crippen LogP) is 5.18. The number of nitrogens with zero attached hydrogens (tertiary/aromatic N) is 1. The van der Waals surface area contributed by atoms with Crippen molar-refractivity contribution in [1.29, 1.82) is 0 Å². The number of hydrogen-bond donors (Lipinski definition) is 1. The van der Waals surface area contributed by atoms with Crippen molar-refractivity contribution in [2.45, 2.75) is 58.1 Å². The molecule has 25 heavy (non-hydrogen) atoms. The zero-order valence-electron chi connectivity index (χ0n) is 15.1. The summed E-state index contributed by atoms with van der Waals surface area (Å²) in [6.45, 7) is 7.15. The minimum atomic E-state index is -0.452. The molecule has 4 nitrogen and oxygen atoms in total. The van der Waals surface area contributed by atoms with Gasteiger partial charge in [0.25, 0.3) is 0 Å². The average molecular weight is 413 g/mol. The van der Waals surface area contributed by atoms with Gasteiger partial charge < -0.3 is 15.0 Å². The maximum atomic E-state index is 13.9. The predicted molar refractivity (Wildman–Crippen MR) is 100 cm³/mol. The van der Waals surface area contributed by atoms with E-state index in [9.17, 15) is 9.18 Å². The SMILES string of the molecule is CC(C)(C)OC(=O)N1CCC2(CC1)CC(Nc1ccc(Br)cc1F)C2. The van der Waals surface area contributed by atoms with Crippen LogP contribution in [0.5, 0.6) is 0 Å². The van der Waals surface area contributed by atoms with E-state index in [1.165, 1.54) is 6.07 Å². The van der Waals surface area contributed by atoms with E-state index in [0.717, 1.165) is 43.2 Å². The van der Waals surface area contributed by atoms with E-state index in [-0.39, 0.29) is 11.9 Å². The second-order valence-corrected chi connectivity index (χ2v) is 9.26. The maximum absolute atomic E-state index is 13.9. The fraction of sp³-hybridized carbons (Fsp3) is 0.632. The summed E-state index contributed by atoms with van der Waals surface area (Å²) < 4.78 is 20.1. The zero-order chi connectivity index (χ0) is 18.2. The van der Waals surface area contributed by atoms with Gasteiger partial charge in [0.15, 0.2) is 0 Å². The van der Waals surface area contributed by atoms with Crippen LogP contribution in [-0.2, 0) is 4.74 Å². The van der Waals surface area contributed by atoms with Gasteiger partial charge in [0, 0.05) is 23.6 Å². The lowest BCUT2D eigenvalue weighted by molar-refractivity contribution is -0.00863. The van der Waals surface area contributed by atoms with Gasteiger partial charge in [-0.3, -0.25) is 0 Å². The average Bonchev–Trinajstić information content (AvgIpc) is 2.47. The Bertz CT molecular complexity index is 643. The van der Waals surface area contributed by atoms with Crippen molar-refractivity contribution in [1.82, 2.24) is 4.90 Å². The topological polar surface area (TPSA) is 41.6 Å². The van der Waals surface area contributed by atoms with Gasteiger partial charge in [-0.1, -0.05) is 15.9 Å². The normalized spacial score (nSPS) is 20.3. The maximum Gasteiger partial charge on any atom is 0.410 e. The van der Waals surface area contributed by atoms with Crippen LogP contribution in [0.4, 0.5) is 14.9 Å². The Morgan fingerprint density at radius 2 is 1.96 bits per heavy atom. The lowest BCUT2D eigenvalue weighted by atomic mass is 9.60. The minimum absolute atomic E-state index is 0.215. The number of anilines is 1. The summed E-state index contributed by atoms with van der Waals surface area (Å²) in [5.41, 5.74) is 0.406. The number of piperidine rings is 1. The molecule has 2 fully saturated rings. The van der Waals surface area contributed by atoms with E-state index >= 15 is 0 Å². The summed E-state index contributed by atoms with van der Waals surface area (Å²) in [6, 6.07) is 5.41. The Balaban J connectivity index is 1.47. The van der Waals surface area contributed by atoms with Crippen LogP contribution in [0, 0.1) is 11.2 Å². The van der Waals surface area contributed by atoms with Crippen LogP contribution in [0.25, 0.3) is 0 Å². The van der Waals surface area contributed by atoms with Crippen LogP contribution >= 0.6 is 15.9 Å². The highest BCUT2D eigenvalue weighted by molar-refractivity contribution is 9.10. The summed E-state index contributed by atoms with van der Waals surface area (Å²) in [5, 5.41) is 3.31. The Morgan fingerprint density at radius 3 is 2.52 bits per heavy atom. The van der Waals surface area contributed by atoms with Gasteiger partial charge in [-0.05, 0) is 70.1 Å². The smallest absolute Gasteiger partial charge is 0.410 e. The third-order valence-electron chi connectivity index (χ3n) is 5.13. The first-order valence-corrected chi connectivity index (χ1v) is 9.65. The first-order valence-electron chi connectivity index (χ1n) is 8.85. The van der Waals surface area contributed by atoms with Gasteiger partial charge in [0.1, 0.15) is 11.4 Å². The zero-order valence-corrected chi connectivity index (χ0v) is 16.7. The number of carbonyl (C=O) groups is 1. The van der Waals surface area contributed by atoms with Crippen LogP contribution in [-0.4, -0.2) is 35.7 Å². The lowest BCUT2D eigenvalue weighted by Crippen LogP contribution is -2.53. The fourth-order valence-electron chi connectivity index (χ4n) is 3.81. The molecule has 0 unspecified atom stereocenters. The number of hydrogen-bond acceptors (Lipinski definition) is 3. The number of halogens is 2. The second-order valence-electron chi connectivity index (χ2n) is 8.34. The summed E-state index contributed by atoms with van der Waals surface area (Å²) in [7, 11) is 0. The molecule has 2 aliphatic rings. The molecular formula is C19H26BrFN2O2. The van der Waals surface area contributed by atoms with Crippen LogP contribution in [0.1, 0.15) is 46.5 Å². The van der Waals surface area contributed by atoms with Gasteiger partial charge in [0.05, 0.1) is 5.69 Å². The Morgan fingerprint density at radius 1 is 1.32 bits per heavy atom. The van der Waals surface area contributed by atoms with Crippen LogP contribution < -0.4 is 5.32 Å². The monoisotopic (exact) mass is 412 g/mol. The van der Waals surface area contributed by atoms with Gasteiger partial charge in [0.2, 0.25) is 0 Å². The summed E-state index contributed by atoms with van der Waals surface area (Å²) >= 11 is 3.28. The van der Waals surface area contributed by atoms with Crippen molar-refractivity contribution in [2.75, 3.05) is 18.4 Å². The molecule has 1 N–H and O–H groups in total. The molecule has 0 bridgehead atoms. The highest BCUT2D eigenvalue weighted by Gasteiger charge is 2.46. The van der Waals surface area contributed by atoms with Crippen molar-refractivity contribution >= 4 is 27.7 Å². The van der Waals surface area contributed by atoms with Gasteiger partial charge >= 0.3 is 6.09 Å². The molecule has 6 heteroatoms. The molecule has 0 aromatic heterocycles. The number of amides is 1. The molecule has 1 saturated heterocycles. The Labute approximate surface area is 157 Å². The molecule has 1 spiro atoms. The number of benzene rings is 1. The molecular weight excluding hydrogens is 387 g/mol. The van der Waals surface area contributed by atoms with Crippen LogP contribution in [0.3, 0.4) is 0 Å².